The Kier molecular flexibility index (Phi) is 4.86. The van der Waals surface area contributed by atoms with Crippen LogP contribution in [0.25, 0.3) is 0 Å². The molecule has 0 saturated carbocycles. The zero-order chi connectivity index (χ0) is 18.0. The standard InChI is InChI=1S/C20H21NO4/c1-13(2)14-8-9-15(18(10-14)25-12-24-3)11-21-19(22)16-6-4-5-7-17(16)20(21)23/h4-10,13H,11-12H2,1-3H3. The highest BCUT2D eigenvalue weighted by Crippen LogP contribution is 2.29. The van der Waals surface area contributed by atoms with Gasteiger partial charge in [0.05, 0.1) is 17.7 Å². The highest BCUT2D eigenvalue weighted by molar-refractivity contribution is 6.21. The fraction of sp³-hybridized carbons (Fsp3) is 0.300. The van der Waals surface area contributed by atoms with E-state index < -0.39 is 0 Å². The van der Waals surface area contributed by atoms with Crippen molar-refractivity contribution in [3.8, 4) is 5.75 Å². The first kappa shape index (κ1) is 17.2. The average Bonchev–Trinajstić information content (AvgIpc) is 2.86. The lowest BCUT2D eigenvalue weighted by atomic mass is 10.0. The Balaban J connectivity index is 1.90. The van der Waals surface area contributed by atoms with Gasteiger partial charge >= 0.3 is 0 Å². The van der Waals surface area contributed by atoms with E-state index in [1.54, 1.807) is 31.4 Å². The quantitative estimate of drug-likeness (QED) is 0.596. The number of methoxy groups -OCH3 is 1. The molecule has 3 rings (SSSR count). The van der Waals surface area contributed by atoms with Gasteiger partial charge < -0.3 is 9.47 Å². The van der Waals surface area contributed by atoms with E-state index in [4.69, 9.17) is 9.47 Å². The maximum atomic E-state index is 12.6. The second kappa shape index (κ2) is 7.07. The summed E-state index contributed by atoms with van der Waals surface area (Å²) in [5.74, 6) is 0.431. The third-order valence-corrected chi connectivity index (χ3v) is 4.30. The maximum Gasteiger partial charge on any atom is 0.261 e. The van der Waals surface area contributed by atoms with Crippen LogP contribution in [0, 0.1) is 0 Å². The van der Waals surface area contributed by atoms with E-state index in [2.05, 4.69) is 13.8 Å². The number of amides is 2. The summed E-state index contributed by atoms with van der Waals surface area (Å²) in [6.45, 7) is 4.47. The second-order valence-electron chi connectivity index (χ2n) is 6.31. The van der Waals surface area contributed by atoms with Crippen LogP contribution in [0.15, 0.2) is 42.5 Å². The Morgan fingerprint density at radius 3 is 2.20 bits per heavy atom. The van der Waals surface area contributed by atoms with Crippen molar-refractivity contribution in [3.63, 3.8) is 0 Å². The van der Waals surface area contributed by atoms with E-state index in [-0.39, 0.29) is 25.2 Å². The summed E-state index contributed by atoms with van der Waals surface area (Å²) in [5.41, 5.74) is 2.80. The van der Waals surface area contributed by atoms with Gasteiger partial charge in [-0.2, -0.15) is 0 Å². The molecule has 0 saturated heterocycles. The number of rotatable bonds is 6. The van der Waals surface area contributed by atoms with Crippen LogP contribution >= 0.6 is 0 Å². The SMILES string of the molecule is COCOc1cc(C(C)C)ccc1CN1C(=O)c2ccccc2C1=O. The Labute approximate surface area is 147 Å². The van der Waals surface area contributed by atoms with Gasteiger partial charge in [-0.3, -0.25) is 14.5 Å². The molecule has 1 aliphatic heterocycles. The maximum absolute atomic E-state index is 12.6. The number of nitrogens with zero attached hydrogens (tertiary/aromatic N) is 1. The molecule has 5 nitrogen and oxygen atoms in total. The molecule has 0 aromatic heterocycles. The van der Waals surface area contributed by atoms with Crippen LogP contribution in [0.4, 0.5) is 0 Å². The summed E-state index contributed by atoms with van der Waals surface area (Å²) in [4.78, 5) is 26.4. The third kappa shape index (κ3) is 3.28. The van der Waals surface area contributed by atoms with Crippen LogP contribution in [-0.4, -0.2) is 30.6 Å². The van der Waals surface area contributed by atoms with Crippen molar-refractivity contribution in [2.75, 3.05) is 13.9 Å². The number of carbonyl (C=O) groups excluding carboxylic acids is 2. The molecule has 0 unspecified atom stereocenters. The molecule has 5 heteroatoms. The van der Waals surface area contributed by atoms with Crippen LogP contribution in [0.5, 0.6) is 5.75 Å². The van der Waals surface area contributed by atoms with E-state index in [1.165, 1.54) is 4.90 Å². The highest BCUT2D eigenvalue weighted by atomic mass is 16.7. The molecule has 0 spiro atoms. The molecule has 0 fully saturated rings. The van der Waals surface area contributed by atoms with Crippen molar-refractivity contribution in [2.24, 2.45) is 0 Å². The van der Waals surface area contributed by atoms with Gasteiger partial charge in [-0.15, -0.1) is 0 Å². The van der Waals surface area contributed by atoms with Gasteiger partial charge in [0.25, 0.3) is 11.8 Å². The summed E-state index contributed by atoms with van der Waals surface area (Å²) >= 11 is 0. The molecule has 0 aliphatic carbocycles. The molecule has 1 heterocycles. The van der Waals surface area contributed by atoms with Crippen LogP contribution in [0.2, 0.25) is 0 Å². The van der Waals surface area contributed by atoms with Crippen LogP contribution in [0.1, 0.15) is 51.6 Å². The van der Waals surface area contributed by atoms with Crippen LogP contribution in [0.3, 0.4) is 0 Å². The zero-order valence-corrected chi connectivity index (χ0v) is 14.6. The number of fused-ring (bicyclic) bond motifs is 1. The van der Waals surface area contributed by atoms with Gasteiger partial charge in [-0.1, -0.05) is 38.1 Å². The Morgan fingerprint density at radius 1 is 1.00 bits per heavy atom. The van der Waals surface area contributed by atoms with Gasteiger partial charge in [-0.05, 0) is 29.7 Å². The fourth-order valence-electron chi connectivity index (χ4n) is 2.87. The number of hydrogen-bond donors (Lipinski definition) is 0. The van der Waals surface area contributed by atoms with Crippen molar-refractivity contribution in [1.82, 2.24) is 4.90 Å². The lowest BCUT2D eigenvalue weighted by molar-refractivity contribution is 0.0493. The molecule has 2 amide bonds. The molecule has 2 aromatic carbocycles. The molecule has 1 aliphatic rings. The molecule has 25 heavy (non-hydrogen) atoms. The Morgan fingerprint density at radius 2 is 1.64 bits per heavy atom. The first-order valence-corrected chi connectivity index (χ1v) is 8.22. The fourth-order valence-corrected chi connectivity index (χ4v) is 2.87. The third-order valence-electron chi connectivity index (χ3n) is 4.30. The van der Waals surface area contributed by atoms with Crippen molar-refractivity contribution in [2.45, 2.75) is 26.3 Å². The predicted octanol–water partition coefficient (Wildman–Crippen LogP) is 3.59. The van der Waals surface area contributed by atoms with Gasteiger partial charge in [-0.25, -0.2) is 0 Å². The average molecular weight is 339 g/mol. The van der Waals surface area contributed by atoms with E-state index >= 15 is 0 Å². The number of benzene rings is 2. The minimum absolute atomic E-state index is 0.108. The molecule has 0 atom stereocenters. The van der Waals surface area contributed by atoms with E-state index in [1.807, 2.05) is 18.2 Å². The molecule has 0 radical (unpaired) electrons. The van der Waals surface area contributed by atoms with E-state index in [9.17, 15) is 9.59 Å². The van der Waals surface area contributed by atoms with Crippen molar-refractivity contribution >= 4 is 11.8 Å². The van der Waals surface area contributed by atoms with Crippen molar-refractivity contribution in [3.05, 3.63) is 64.7 Å². The summed E-state index contributed by atoms with van der Waals surface area (Å²) in [7, 11) is 1.55. The Hall–Kier alpha value is -2.66. The smallest absolute Gasteiger partial charge is 0.261 e. The highest BCUT2D eigenvalue weighted by Gasteiger charge is 2.35. The minimum atomic E-state index is -0.272. The second-order valence-corrected chi connectivity index (χ2v) is 6.31. The van der Waals surface area contributed by atoms with Gasteiger partial charge in [0.1, 0.15) is 5.75 Å². The molecular formula is C20H21NO4. The summed E-state index contributed by atoms with van der Waals surface area (Å²) in [5, 5.41) is 0. The predicted molar refractivity (Wildman–Crippen MR) is 93.7 cm³/mol. The lowest BCUT2D eigenvalue weighted by Gasteiger charge is -2.18. The lowest BCUT2D eigenvalue weighted by Crippen LogP contribution is -2.29. The van der Waals surface area contributed by atoms with Gasteiger partial charge in [0.15, 0.2) is 6.79 Å². The van der Waals surface area contributed by atoms with Crippen molar-refractivity contribution in [1.29, 1.82) is 0 Å². The van der Waals surface area contributed by atoms with Crippen molar-refractivity contribution < 1.29 is 19.1 Å². The van der Waals surface area contributed by atoms with E-state index in [0.717, 1.165) is 11.1 Å². The molecular weight excluding hydrogens is 318 g/mol. The summed E-state index contributed by atoms with van der Waals surface area (Å²) < 4.78 is 10.7. The Bertz CT molecular complexity index is 778. The monoisotopic (exact) mass is 339 g/mol. The number of ether oxygens (including phenoxy) is 2. The topological polar surface area (TPSA) is 55.8 Å². The van der Waals surface area contributed by atoms with Gasteiger partial charge in [0, 0.05) is 12.7 Å². The van der Waals surface area contributed by atoms with Crippen LogP contribution in [-0.2, 0) is 11.3 Å². The molecule has 0 bridgehead atoms. The first-order valence-electron chi connectivity index (χ1n) is 8.22. The largest absolute Gasteiger partial charge is 0.467 e. The normalized spacial score (nSPS) is 13.5. The zero-order valence-electron chi connectivity index (χ0n) is 14.6. The first-order chi connectivity index (χ1) is 12.0. The molecule has 130 valence electrons. The summed E-state index contributed by atoms with van der Waals surface area (Å²) in [6, 6.07) is 12.7. The minimum Gasteiger partial charge on any atom is -0.467 e. The van der Waals surface area contributed by atoms with Gasteiger partial charge in [0.2, 0.25) is 0 Å². The van der Waals surface area contributed by atoms with Crippen LogP contribution < -0.4 is 4.74 Å². The number of imide groups is 1. The molecule has 0 N–H and O–H groups in total. The summed E-state index contributed by atoms with van der Waals surface area (Å²) in [6.07, 6.45) is 0. The molecule has 2 aromatic rings. The number of hydrogen-bond acceptors (Lipinski definition) is 4. The van der Waals surface area contributed by atoms with E-state index in [0.29, 0.717) is 22.8 Å². The number of carbonyl (C=O) groups is 2.